The van der Waals surface area contributed by atoms with Crippen molar-refractivity contribution < 1.29 is 4.79 Å². The van der Waals surface area contributed by atoms with Gasteiger partial charge >= 0.3 is 0 Å². The van der Waals surface area contributed by atoms with Crippen molar-refractivity contribution in [3.63, 3.8) is 0 Å². The average Bonchev–Trinajstić information content (AvgIpc) is 2.98. The predicted octanol–water partition coefficient (Wildman–Crippen LogP) is 3.80. The number of hydrogen-bond donors (Lipinski definition) is 1. The lowest BCUT2D eigenvalue weighted by Gasteiger charge is -2.30. The van der Waals surface area contributed by atoms with Crippen LogP contribution in [-0.4, -0.2) is 12.5 Å². The van der Waals surface area contributed by atoms with Gasteiger partial charge < -0.3 is 10.6 Å². The summed E-state index contributed by atoms with van der Waals surface area (Å²) in [5.74, 6) is 0.144. The van der Waals surface area contributed by atoms with Gasteiger partial charge in [0.05, 0.1) is 4.88 Å². The van der Waals surface area contributed by atoms with Crippen LogP contribution in [0.25, 0.3) is 0 Å². The maximum atomic E-state index is 13.0. The first-order valence-corrected chi connectivity index (χ1v) is 8.86. The molecule has 0 atom stereocenters. The Labute approximate surface area is 134 Å². The largest absolute Gasteiger partial charge is 0.398 e. The second kappa shape index (κ2) is 5.43. The molecular formula is C18H20N2OS. The van der Waals surface area contributed by atoms with Crippen molar-refractivity contribution in [1.29, 1.82) is 0 Å². The molecule has 114 valence electrons. The van der Waals surface area contributed by atoms with Crippen LogP contribution in [0.1, 0.15) is 44.9 Å². The summed E-state index contributed by atoms with van der Waals surface area (Å²) in [6, 6.07) is 8.02. The van der Waals surface area contributed by atoms with E-state index in [1.54, 1.807) is 11.3 Å². The summed E-state index contributed by atoms with van der Waals surface area (Å²) < 4.78 is 0. The molecule has 0 saturated heterocycles. The second-order valence-electron chi connectivity index (χ2n) is 6.17. The van der Waals surface area contributed by atoms with Gasteiger partial charge in [0.25, 0.3) is 5.91 Å². The number of rotatable bonds is 1. The summed E-state index contributed by atoms with van der Waals surface area (Å²) in [4.78, 5) is 17.2. The standard InChI is InChI=1S/C18H20N2OS/c19-14-7-3-8-15-13(14)6-4-10-20(15)18(21)17-11-12-5-1-2-9-16(12)22-17/h3,7-8,11H,1-2,4-6,9-10,19H2. The van der Waals surface area contributed by atoms with Crippen LogP contribution in [-0.2, 0) is 19.3 Å². The van der Waals surface area contributed by atoms with Gasteiger partial charge in [0.1, 0.15) is 0 Å². The normalized spacial score (nSPS) is 17.0. The summed E-state index contributed by atoms with van der Waals surface area (Å²) in [6.07, 6.45) is 6.72. The molecule has 0 spiro atoms. The van der Waals surface area contributed by atoms with Gasteiger partial charge in [-0.15, -0.1) is 11.3 Å². The topological polar surface area (TPSA) is 46.3 Å². The van der Waals surface area contributed by atoms with E-state index in [0.717, 1.165) is 54.0 Å². The fraction of sp³-hybridized carbons (Fsp3) is 0.389. The lowest BCUT2D eigenvalue weighted by atomic mass is 9.98. The highest BCUT2D eigenvalue weighted by molar-refractivity contribution is 7.14. The number of thiophene rings is 1. The molecule has 22 heavy (non-hydrogen) atoms. The van der Waals surface area contributed by atoms with Crippen LogP contribution in [0.15, 0.2) is 24.3 Å². The number of fused-ring (bicyclic) bond motifs is 2. The number of nitrogen functional groups attached to an aromatic ring is 1. The number of benzene rings is 1. The highest BCUT2D eigenvalue weighted by Gasteiger charge is 2.27. The Morgan fingerprint density at radius 3 is 2.86 bits per heavy atom. The fourth-order valence-electron chi connectivity index (χ4n) is 3.59. The van der Waals surface area contributed by atoms with E-state index in [1.165, 1.54) is 23.3 Å². The van der Waals surface area contributed by atoms with E-state index >= 15 is 0 Å². The number of anilines is 2. The minimum atomic E-state index is 0.144. The molecule has 4 heteroatoms. The zero-order valence-electron chi connectivity index (χ0n) is 12.6. The highest BCUT2D eigenvalue weighted by atomic mass is 32.1. The third-order valence-electron chi connectivity index (χ3n) is 4.74. The molecule has 2 N–H and O–H groups in total. The highest BCUT2D eigenvalue weighted by Crippen LogP contribution is 2.35. The van der Waals surface area contributed by atoms with E-state index in [-0.39, 0.29) is 5.91 Å². The number of carbonyl (C=O) groups excluding carboxylic acids is 1. The first-order chi connectivity index (χ1) is 10.7. The van der Waals surface area contributed by atoms with Gasteiger partial charge in [-0.2, -0.15) is 0 Å². The minimum Gasteiger partial charge on any atom is -0.398 e. The fourth-order valence-corrected chi connectivity index (χ4v) is 4.79. The first-order valence-electron chi connectivity index (χ1n) is 8.05. The van der Waals surface area contributed by atoms with Gasteiger partial charge in [0, 0.05) is 22.8 Å². The molecule has 1 aromatic carbocycles. The molecule has 0 unspecified atom stereocenters. The first kappa shape index (κ1) is 13.8. The zero-order chi connectivity index (χ0) is 15.1. The van der Waals surface area contributed by atoms with E-state index in [1.807, 2.05) is 23.1 Å². The SMILES string of the molecule is Nc1cccc2c1CCCN2C(=O)c1cc2c(s1)CCCC2. The molecule has 2 heterocycles. The molecule has 0 bridgehead atoms. The third kappa shape index (κ3) is 2.22. The van der Waals surface area contributed by atoms with E-state index in [0.29, 0.717) is 0 Å². The molecule has 1 amide bonds. The van der Waals surface area contributed by atoms with Gasteiger partial charge in [0.15, 0.2) is 0 Å². The van der Waals surface area contributed by atoms with Crippen LogP contribution in [0, 0.1) is 0 Å². The molecule has 0 fully saturated rings. The van der Waals surface area contributed by atoms with Crippen LogP contribution in [0.5, 0.6) is 0 Å². The van der Waals surface area contributed by atoms with Gasteiger partial charge in [-0.3, -0.25) is 4.79 Å². The molecule has 0 saturated carbocycles. The quantitative estimate of drug-likeness (QED) is 0.814. The van der Waals surface area contributed by atoms with Crippen LogP contribution in [0.3, 0.4) is 0 Å². The molecule has 2 aliphatic rings. The van der Waals surface area contributed by atoms with Crippen LogP contribution in [0.4, 0.5) is 11.4 Å². The average molecular weight is 312 g/mol. The van der Waals surface area contributed by atoms with Crippen molar-refractivity contribution >= 4 is 28.6 Å². The summed E-state index contributed by atoms with van der Waals surface area (Å²) in [5.41, 5.74) is 10.4. The van der Waals surface area contributed by atoms with Crippen molar-refractivity contribution in [2.45, 2.75) is 38.5 Å². The van der Waals surface area contributed by atoms with Gasteiger partial charge in [-0.05, 0) is 67.9 Å². The van der Waals surface area contributed by atoms with E-state index in [9.17, 15) is 4.79 Å². The number of nitrogens with zero attached hydrogens (tertiary/aromatic N) is 1. The Balaban J connectivity index is 1.69. The number of nitrogens with two attached hydrogens (primary N) is 1. The van der Waals surface area contributed by atoms with Crippen molar-refractivity contribution in [3.8, 4) is 0 Å². The maximum Gasteiger partial charge on any atom is 0.268 e. The van der Waals surface area contributed by atoms with Crippen molar-refractivity contribution in [1.82, 2.24) is 0 Å². The molecule has 3 nitrogen and oxygen atoms in total. The van der Waals surface area contributed by atoms with E-state index < -0.39 is 0 Å². The van der Waals surface area contributed by atoms with Crippen molar-refractivity contribution in [3.05, 3.63) is 45.1 Å². The minimum absolute atomic E-state index is 0.144. The van der Waals surface area contributed by atoms with Crippen LogP contribution < -0.4 is 10.6 Å². The number of carbonyl (C=O) groups is 1. The Morgan fingerprint density at radius 2 is 2.00 bits per heavy atom. The van der Waals surface area contributed by atoms with Crippen molar-refractivity contribution in [2.24, 2.45) is 0 Å². The molecule has 4 rings (SSSR count). The van der Waals surface area contributed by atoms with Gasteiger partial charge in [-0.25, -0.2) is 0 Å². The van der Waals surface area contributed by atoms with E-state index in [4.69, 9.17) is 5.73 Å². The third-order valence-corrected chi connectivity index (χ3v) is 5.96. The number of aryl methyl sites for hydroxylation is 2. The summed E-state index contributed by atoms with van der Waals surface area (Å²) >= 11 is 1.69. The monoisotopic (exact) mass is 312 g/mol. The smallest absolute Gasteiger partial charge is 0.268 e. The van der Waals surface area contributed by atoms with Gasteiger partial charge in [0.2, 0.25) is 0 Å². The van der Waals surface area contributed by atoms with Crippen LogP contribution in [0.2, 0.25) is 0 Å². The summed E-state index contributed by atoms with van der Waals surface area (Å²) in [6.45, 7) is 0.790. The number of amides is 1. The molecule has 0 radical (unpaired) electrons. The summed E-state index contributed by atoms with van der Waals surface area (Å²) in [5, 5.41) is 0. The lowest BCUT2D eigenvalue weighted by molar-refractivity contribution is 0.0989. The molecular weight excluding hydrogens is 292 g/mol. The Kier molecular flexibility index (Phi) is 3.41. The van der Waals surface area contributed by atoms with Crippen molar-refractivity contribution in [2.75, 3.05) is 17.2 Å². The molecule has 1 aliphatic heterocycles. The second-order valence-corrected chi connectivity index (χ2v) is 7.31. The predicted molar refractivity (Wildman–Crippen MR) is 91.8 cm³/mol. The zero-order valence-corrected chi connectivity index (χ0v) is 13.4. The molecule has 1 aromatic heterocycles. The van der Waals surface area contributed by atoms with Crippen LogP contribution >= 0.6 is 11.3 Å². The molecule has 1 aliphatic carbocycles. The Morgan fingerprint density at radius 1 is 1.14 bits per heavy atom. The Bertz CT molecular complexity index is 711. The maximum absolute atomic E-state index is 13.0. The summed E-state index contributed by atoms with van der Waals surface area (Å²) in [7, 11) is 0. The lowest BCUT2D eigenvalue weighted by Crippen LogP contribution is -2.35. The molecule has 2 aromatic rings. The Hall–Kier alpha value is -1.81. The van der Waals surface area contributed by atoms with Gasteiger partial charge in [-0.1, -0.05) is 6.07 Å². The van der Waals surface area contributed by atoms with E-state index in [2.05, 4.69) is 6.07 Å². The number of hydrogen-bond acceptors (Lipinski definition) is 3.